The Bertz CT molecular complexity index is 283. The molecule has 2 heteroatoms. The first-order valence-electron chi connectivity index (χ1n) is 3.70. The molecule has 0 saturated carbocycles. The number of rotatable bonds is 0. The Balaban J connectivity index is 2.57. The van der Waals surface area contributed by atoms with Crippen LogP contribution in [0.1, 0.15) is 22.4 Å². The lowest BCUT2D eigenvalue weighted by Crippen LogP contribution is -1.87. The lowest BCUT2D eigenvalue weighted by atomic mass is 10.1. The van der Waals surface area contributed by atoms with Gasteiger partial charge in [0, 0.05) is 4.83 Å². The predicted octanol–water partition coefficient (Wildman–Crippen LogP) is 3.21. The van der Waals surface area contributed by atoms with Crippen molar-refractivity contribution in [3.05, 3.63) is 35.1 Å². The van der Waals surface area contributed by atoms with Crippen molar-refractivity contribution >= 4 is 15.9 Å². The van der Waals surface area contributed by atoms with Gasteiger partial charge in [0.15, 0.2) is 0 Å². The zero-order valence-electron chi connectivity index (χ0n) is 5.98. The van der Waals surface area contributed by atoms with Crippen molar-refractivity contribution in [3.63, 3.8) is 0 Å². The van der Waals surface area contributed by atoms with Crippen LogP contribution < -0.4 is 0 Å². The molecule has 0 unspecified atom stereocenters. The largest absolute Gasteiger partial charge is 0.207 e. The summed E-state index contributed by atoms with van der Waals surface area (Å²) in [7, 11) is 0. The van der Waals surface area contributed by atoms with E-state index in [0.717, 1.165) is 24.0 Å². The van der Waals surface area contributed by atoms with Gasteiger partial charge in [-0.3, -0.25) is 0 Å². The zero-order valence-corrected chi connectivity index (χ0v) is 7.57. The maximum absolute atomic E-state index is 13.0. The van der Waals surface area contributed by atoms with Crippen LogP contribution in [-0.4, -0.2) is 0 Å². The standard InChI is InChI=1S/C9H8BrF/c10-8-5-4-7-6(8)2-1-3-9(7)11/h1-3,8H,4-5H2/t8-/m1/s1. The molecule has 0 heterocycles. The van der Waals surface area contributed by atoms with E-state index in [1.54, 1.807) is 6.07 Å². The van der Waals surface area contributed by atoms with Gasteiger partial charge in [0.25, 0.3) is 0 Å². The minimum absolute atomic E-state index is 0.0514. The van der Waals surface area contributed by atoms with Crippen molar-refractivity contribution in [1.82, 2.24) is 0 Å². The molecule has 0 fully saturated rings. The molecule has 1 aliphatic rings. The molecule has 0 radical (unpaired) electrons. The molecule has 1 atom stereocenters. The Hall–Kier alpha value is -0.370. The van der Waals surface area contributed by atoms with Gasteiger partial charge in [0.2, 0.25) is 0 Å². The summed E-state index contributed by atoms with van der Waals surface area (Å²) in [6, 6.07) is 5.29. The van der Waals surface area contributed by atoms with E-state index in [9.17, 15) is 4.39 Å². The summed E-state index contributed by atoms with van der Waals surface area (Å²) in [5.41, 5.74) is 2.03. The highest BCUT2D eigenvalue weighted by Crippen LogP contribution is 2.38. The summed E-state index contributed by atoms with van der Waals surface area (Å²) >= 11 is 3.50. The van der Waals surface area contributed by atoms with Crippen LogP contribution in [0.2, 0.25) is 0 Å². The van der Waals surface area contributed by atoms with Crippen molar-refractivity contribution in [2.75, 3.05) is 0 Å². The molecule has 1 aromatic rings. The highest BCUT2D eigenvalue weighted by Gasteiger charge is 2.21. The van der Waals surface area contributed by atoms with Gasteiger partial charge in [0.1, 0.15) is 5.82 Å². The first-order chi connectivity index (χ1) is 5.29. The predicted molar refractivity (Wildman–Crippen MR) is 46.4 cm³/mol. The fraction of sp³-hybridized carbons (Fsp3) is 0.333. The van der Waals surface area contributed by atoms with Gasteiger partial charge in [-0.05, 0) is 30.0 Å². The third-order valence-corrected chi connectivity index (χ3v) is 3.09. The maximum Gasteiger partial charge on any atom is 0.126 e. The van der Waals surface area contributed by atoms with Gasteiger partial charge < -0.3 is 0 Å². The summed E-state index contributed by atoms with van der Waals surface area (Å²) in [5.74, 6) is -0.0514. The van der Waals surface area contributed by atoms with Crippen molar-refractivity contribution in [2.45, 2.75) is 17.7 Å². The fourth-order valence-corrected chi connectivity index (χ4v) is 2.22. The lowest BCUT2D eigenvalue weighted by Gasteiger charge is -2.01. The molecule has 1 aromatic carbocycles. The number of hydrogen-bond acceptors (Lipinski definition) is 0. The maximum atomic E-state index is 13.0. The normalized spacial score (nSPS) is 21.8. The molecule has 0 aliphatic heterocycles. The molecule has 0 bridgehead atoms. The van der Waals surface area contributed by atoms with E-state index in [0.29, 0.717) is 4.83 Å². The molecule has 0 N–H and O–H groups in total. The number of benzene rings is 1. The van der Waals surface area contributed by atoms with Gasteiger partial charge in [0.05, 0.1) is 0 Å². The smallest absolute Gasteiger partial charge is 0.126 e. The number of fused-ring (bicyclic) bond motifs is 1. The average molecular weight is 215 g/mol. The Morgan fingerprint density at radius 3 is 3.00 bits per heavy atom. The highest BCUT2D eigenvalue weighted by molar-refractivity contribution is 9.09. The first-order valence-corrected chi connectivity index (χ1v) is 4.62. The van der Waals surface area contributed by atoms with Gasteiger partial charge >= 0.3 is 0 Å². The van der Waals surface area contributed by atoms with E-state index in [1.807, 2.05) is 6.07 Å². The molecule has 0 amide bonds. The van der Waals surface area contributed by atoms with E-state index >= 15 is 0 Å². The molecular formula is C9H8BrF. The number of halogens is 2. The quantitative estimate of drug-likeness (QED) is 0.583. The van der Waals surface area contributed by atoms with Crippen LogP contribution in [0.25, 0.3) is 0 Å². The second kappa shape index (κ2) is 2.59. The molecule has 0 nitrogen and oxygen atoms in total. The van der Waals surface area contributed by atoms with Crippen molar-refractivity contribution in [1.29, 1.82) is 0 Å². The van der Waals surface area contributed by atoms with Crippen LogP contribution in [0.5, 0.6) is 0 Å². The third kappa shape index (κ3) is 1.09. The third-order valence-electron chi connectivity index (χ3n) is 2.14. The lowest BCUT2D eigenvalue weighted by molar-refractivity contribution is 0.613. The first kappa shape index (κ1) is 7.29. The number of hydrogen-bond donors (Lipinski definition) is 0. The molecule has 58 valence electrons. The van der Waals surface area contributed by atoms with Crippen LogP contribution >= 0.6 is 15.9 Å². The average Bonchev–Trinajstić information content (AvgIpc) is 2.35. The van der Waals surface area contributed by atoms with E-state index in [2.05, 4.69) is 15.9 Å². The van der Waals surface area contributed by atoms with Gasteiger partial charge in [-0.2, -0.15) is 0 Å². The summed E-state index contributed by atoms with van der Waals surface area (Å²) < 4.78 is 13.0. The summed E-state index contributed by atoms with van der Waals surface area (Å²) in [5, 5.41) is 0. The minimum Gasteiger partial charge on any atom is -0.207 e. The van der Waals surface area contributed by atoms with Crippen molar-refractivity contribution in [3.8, 4) is 0 Å². The second-order valence-corrected chi connectivity index (χ2v) is 3.92. The van der Waals surface area contributed by atoms with Crippen molar-refractivity contribution in [2.24, 2.45) is 0 Å². The van der Waals surface area contributed by atoms with Crippen LogP contribution in [0.3, 0.4) is 0 Å². The molecule has 11 heavy (non-hydrogen) atoms. The molecule has 0 saturated heterocycles. The minimum atomic E-state index is -0.0514. The van der Waals surface area contributed by atoms with Crippen LogP contribution in [0.15, 0.2) is 18.2 Å². The SMILES string of the molecule is Fc1cccc2c1CC[C@H]2Br. The van der Waals surface area contributed by atoms with Gasteiger partial charge in [-0.25, -0.2) is 4.39 Å². The summed E-state index contributed by atoms with van der Waals surface area (Å²) in [6.07, 6.45) is 1.90. The van der Waals surface area contributed by atoms with Gasteiger partial charge in [-0.15, -0.1) is 0 Å². The van der Waals surface area contributed by atoms with Crippen LogP contribution in [0.4, 0.5) is 4.39 Å². The van der Waals surface area contributed by atoms with Crippen LogP contribution in [0, 0.1) is 5.82 Å². The topological polar surface area (TPSA) is 0 Å². The molecular weight excluding hydrogens is 207 g/mol. The fourth-order valence-electron chi connectivity index (χ4n) is 1.56. The zero-order chi connectivity index (χ0) is 7.84. The Morgan fingerprint density at radius 2 is 2.27 bits per heavy atom. The monoisotopic (exact) mass is 214 g/mol. The molecule has 1 aliphatic carbocycles. The van der Waals surface area contributed by atoms with E-state index in [1.165, 1.54) is 6.07 Å². The van der Waals surface area contributed by atoms with Crippen LogP contribution in [-0.2, 0) is 6.42 Å². The van der Waals surface area contributed by atoms with E-state index < -0.39 is 0 Å². The summed E-state index contributed by atoms with van der Waals surface area (Å²) in [6.45, 7) is 0. The molecule has 0 spiro atoms. The van der Waals surface area contributed by atoms with E-state index in [4.69, 9.17) is 0 Å². The van der Waals surface area contributed by atoms with Gasteiger partial charge in [-0.1, -0.05) is 28.1 Å². The van der Waals surface area contributed by atoms with E-state index in [-0.39, 0.29) is 5.82 Å². The molecule has 0 aromatic heterocycles. The Morgan fingerprint density at radius 1 is 1.45 bits per heavy atom. The summed E-state index contributed by atoms with van der Waals surface area (Å²) in [4.78, 5) is 0.369. The highest BCUT2D eigenvalue weighted by atomic mass is 79.9. The number of alkyl halides is 1. The second-order valence-electron chi connectivity index (χ2n) is 2.81. The van der Waals surface area contributed by atoms with Crippen molar-refractivity contribution < 1.29 is 4.39 Å². The molecule has 2 rings (SSSR count). The Labute approximate surface area is 73.6 Å². The Kier molecular flexibility index (Phi) is 1.72.